The maximum absolute atomic E-state index is 12.4. The summed E-state index contributed by atoms with van der Waals surface area (Å²) in [6.07, 6.45) is 2.73. The molecular formula is C42H39BO2S. The van der Waals surface area contributed by atoms with Crippen LogP contribution >= 0.6 is 0 Å². The van der Waals surface area contributed by atoms with Gasteiger partial charge in [0, 0.05) is 15.3 Å². The molecule has 0 unspecified atom stereocenters. The highest BCUT2D eigenvalue weighted by molar-refractivity contribution is 7.66. The van der Waals surface area contributed by atoms with Crippen LogP contribution in [0.15, 0.2) is 170 Å². The number of hydrogen-bond acceptors (Lipinski definition) is 2. The molecule has 0 aliphatic rings. The topological polar surface area (TPSA) is 34.1 Å². The van der Waals surface area contributed by atoms with Gasteiger partial charge in [0.05, 0.1) is 6.15 Å². The average Bonchev–Trinajstić information content (AvgIpc) is 3.14. The number of unbranched alkanes of at least 4 members (excludes halogenated alkanes) is 1. The van der Waals surface area contributed by atoms with Crippen LogP contribution in [-0.2, 0) is 15.9 Å². The van der Waals surface area contributed by atoms with Crippen molar-refractivity contribution < 1.29 is 9.00 Å². The Labute approximate surface area is 277 Å². The third-order valence-electron chi connectivity index (χ3n) is 8.80. The molecule has 228 valence electrons. The van der Waals surface area contributed by atoms with Gasteiger partial charge >= 0.3 is 11.7 Å². The maximum Gasteiger partial charge on any atom is 0.467 e. The molecule has 4 heteroatoms. The Balaban J connectivity index is 0.000000181. The number of hydrogen-bond donors (Lipinski definition) is 0. The van der Waals surface area contributed by atoms with Crippen molar-refractivity contribution in [2.75, 3.05) is 5.75 Å². The molecule has 0 bridgehead atoms. The SMILES string of the molecule is CCCC[B-](c1ccccc1)(c1ccccc1)c1ccccc1.O=[S+]CC(=O)c1cccc(-c2ccccc2)c1-c1ccccc1. The van der Waals surface area contributed by atoms with Crippen molar-refractivity contribution in [1.29, 1.82) is 0 Å². The van der Waals surface area contributed by atoms with E-state index >= 15 is 0 Å². The fraction of sp³-hybridized carbons (Fsp3) is 0.119. The first-order valence-electron chi connectivity index (χ1n) is 16.0. The number of rotatable bonds is 11. The summed E-state index contributed by atoms with van der Waals surface area (Å²) in [4.78, 5) is 12.4. The lowest BCUT2D eigenvalue weighted by Gasteiger charge is -2.43. The van der Waals surface area contributed by atoms with Crippen molar-refractivity contribution in [3.05, 3.63) is 175 Å². The molecule has 0 saturated carbocycles. The molecular weight excluding hydrogens is 579 g/mol. The molecule has 0 aliphatic heterocycles. The number of Topliss-reactive ketones (excluding diaryl/α,β-unsaturated/α-hetero) is 1. The molecule has 0 saturated heterocycles. The van der Waals surface area contributed by atoms with Crippen molar-refractivity contribution >= 4 is 40.0 Å². The van der Waals surface area contributed by atoms with E-state index in [1.807, 2.05) is 72.8 Å². The third-order valence-corrected chi connectivity index (χ3v) is 9.18. The largest absolute Gasteiger partial charge is 0.467 e. The zero-order valence-electron chi connectivity index (χ0n) is 26.3. The highest BCUT2D eigenvalue weighted by atomic mass is 32.1. The van der Waals surface area contributed by atoms with Gasteiger partial charge < -0.3 is 0 Å². The van der Waals surface area contributed by atoms with E-state index in [0.717, 1.165) is 22.3 Å². The molecule has 0 spiro atoms. The average molecular weight is 619 g/mol. The molecule has 0 aliphatic carbocycles. The summed E-state index contributed by atoms with van der Waals surface area (Å²) in [5.74, 6) is -0.195. The maximum atomic E-state index is 12.4. The van der Waals surface area contributed by atoms with Crippen molar-refractivity contribution in [3.8, 4) is 22.3 Å². The Morgan fingerprint density at radius 2 is 0.978 bits per heavy atom. The van der Waals surface area contributed by atoms with Crippen LogP contribution in [0.1, 0.15) is 30.1 Å². The summed E-state index contributed by atoms with van der Waals surface area (Å²) in [6.45, 7) is 2.28. The van der Waals surface area contributed by atoms with Gasteiger partial charge in [-0.2, -0.15) is 22.7 Å². The summed E-state index contributed by atoms with van der Waals surface area (Å²) >= 11 is 0.311. The zero-order chi connectivity index (χ0) is 32.0. The molecule has 6 aromatic rings. The van der Waals surface area contributed by atoms with Gasteiger partial charge in [0.2, 0.25) is 5.78 Å². The lowest BCUT2D eigenvalue weighted by Crippen LogP contribution is -2.66. The molecule has 6 aromatic carbocycles. The molecule has 0 heterocycles. The first-order chi connectivity index (χ1) is 22.7. The summed E-state index contributed by atoms with van der Waals surface area (Å²) in [5.41, 5.74) is 8.84. The molecule has 0 aromatic heterocycles. The smallest absolute Gasteiger partial charge is 0.288 e. The zero-order valence-corrected chi connectivity index (χ0v) is 27.1. The monoisotopic (exact) mass is 618 g/mol. The quantitative estimate of drug-likeness (QED) is 0.0828. The molecule has 0 amide bonds. The van der Waals surface area contributed by atoms with Gasteiger partial charge in [0.15, 0.2) is 0 Å². The van der Waals surface area contributed by atoms with Crippen LogP contribution in [0.2, 0.25) is 6.32 Å². The minimum Gasteiger partial charge on any atom is -0.288 e. The fourth-order valence-electron chi connectivity index (χ4n) is 6.62. The molecule has 0 fully saturated rings. The van der Waals surface area contributed by atoms with E-state index in [1.54, 1.807) is 6.07 Å². The van der Waals surface area contributed by atoms with E-state index in [-0.39, 0.29) is 11.5 Å². The van der Waals surface area contributed by atoms with Gasteiger partial charge in [-0.3, -0.25) is 4.79 Å². The van der Waals surface area contributed by atoms with Crippen molar-refractivity contribution in [2.24, 2.45) is 0 Å². The molecule has 0 N–H and O–H groups in total. The standard InChI is InChI=1S/C22H24B.C20H15O2S/c1-2-3-19-23(20-13-7-4-8-14-20,21-15-9-5-10-16-21)22-17-11-6-12-18-22;21-19(14-23-22)18-13-7-12-17(15-8-3-1-4-9-15)20(18)16-10-5-2-6-11-16/h4-18H,2-3,19H2,1H3;1-13H,14H2/q-1;+1. The fourth-order valence-corrected chi connectivity index (χ4v) is 6.88. The summed E-state index contributed by atoms with van der Waals surface area (Å²) < 4.78 is 10.8. The van der Waals surface area contributed by atoms with Gasteiger partial charge in [-0.05, 0) is 16.7 Å². The Morgan fingerprint density at radius 1 is 0.543 bits per heavy atom. The lowest BCUT2D eigenvalue weighted by molar-refractivity contribution is 0.102. The number of carbonyl (C=O) groups is 1. The molecule has 46 heavy (non-hydrogen) atoms. The highest BCUT2D eigenvalue weighted by Crippen LogP contribution is 2.35. The second kappa shape index (κ2) is 16.4. The van der Waals surface area contributed by atoms with Gasteiger partial charge in [0.1, 0.15) is 0 Å². The second-order valence-electron chi connectivity index (χ2n) is 11.6. The van der Waals surface area contributed by atoms with E-state index in [0.29, 0.717) is 17.2 Å². The minimum atomic E-state index is -0.913. The van der Waals surface area contributed by atoms with Crippen LogP contribution in [0.4, 0.5) is 0 Å². The summed E-state index contributed by atoms with van der Waals surface area (Å²) in [7, 11) is 0. The van der Waals surface area contributed by atoms with E-state index in [9.17, 15) is 9.00 Å². The molecule has 0 radical (unpaired) electrons. The summed E-state index contributed by atoms with van der Waals surface area (Å²) in [6, 6.07) is 58.7. The van der Waals surface area contributed by atoms with Crippen LogP contribution in [0.3, 0.4) is 0 Å². The molecule has 6 rings (SSSR count). The number of carbonyl (C=O) groups excluding carboxylic acids is 1. The van der Waals surface area contributed by atoms with Gasteiger partial charge in [-0.15, -0.1) is 0 Å². The van der Waals surface area contributed by atoms with E-state index in [2.05, 4.69) is 97.9 Å². The predicted octanol–water partition coefficient (Wildman–Crippen LogP) is 8.59. The second-order valence-corrected chi connectivity index (χ2v) is 12.1. The van der Waals surface area contributed by atoms with Crippen LogP contribution in [0, 0.1) is 0 Å². The minimum absolute atomic E-state index is 0.0575. The summed E-state index contributed by atoms with van der Waals surface area (Å²) in [5, 5.41) is 0. The van der Waals surface area contributed by atoms with Crippen LogP contribution in [0.25, 0.3) is 22.3 Å². The Bertz CT molecular complexity index is 1710. The predicted molar refractivity (Wildman–Crippen MR) is 198 cm³/mol. The van der Waals surface area contributed by atoms with Crippen LogP contribution in [0.5, 0.6) is 0 Å². The molecule has 0 atom stereocenters. The normalized spacial score (nSPS) is 10.8. The Hall–Kier alpha value is -4.93. The van der Waals surface area contributed by atoms with Crippen molar-refractivity contribution in [1.82, 2.24) is 0 Å². The van der Waals surface area contributed by atoms with Gasteiger partial charge in [0.25, 0.3) is 5.75 Å². The van der Waals surface area contributed by atoms with E-state index < -0.39 is 6.15 Å². The highest BCUT2D eigenvalue weighted by Gasteiger charge is 2.29. The van der Waals surface area contributed by atoms with Crippen LogP contribution < -0.4 is 16.4 Å². The Kier molecular flexibility index (Phi) is 11.6. The van der Waals surface area contributed by atoms with Gasteiger partial charge in [-0.1, -0.05) is 190 Å². The van der Waals surface area contributed by atoms with E-state index in [1.165, 1.54) is 35.6 Å². The lowest BCUT2D eigenvalue weighted by atomic mass is 9.14. The van der Waals surface area contributed by atoms with Crippen molar-refractivity contribution in [2.45, 2.75) is 26.1 Å². The number of ketones is 1. The first kappa shape index (κ1) is 32.5. The first-order valence-corrected chi connectivity index (χ1v) is 17.0. The van der Waals surface area contributed by atoms with Crippen LogP contribution in [-0.4, -0.2) is 17.7 Å². The van der Waals surface area contributed by atoms with Crippen molar-refractivity contribution in [3.63, 3.8) is 0 Å². The molecule has 2 nitrogen and oxygen atoms in total. The van der Waals surface area contributed by atoms with Gasteiger partial charge in [-0.25, -0.2) is 0 Å². The Morgan fingerprint density at radius 3 is 1.41 bits per heavy atom. The number of benzene rings is 6. The third kappa shape index (κ3) is 7.47. The van der Waals surface area contributed by atoms with E-state index in [4.69, 9.17) is 0 Å².